The van der Waals surface area contributed by atoms with Crippen molar-refractivity contribution in [2.24, 2.45) is 5.73 Å². The van der Waals surface area contributed by atoms with E-state index >= 15 is 0 Å². The molecule has 3 N–H and O–H groups in total. The van der Waals surface area contributed by atoms with Gasteiger partial charge in [0.2, 0.25) is 5.91 Å². The molecule has 0 unspecified atom stereocenters. The van der Waals surface area contributed by atoms with Gasteiger partial charge in [-0.3, -0.25) is 14.6 Å². The Morgan fingerprint density at radius 2 is 1.75 bits per heavy atom. The molecule has 0 aliphatic rings. The van der Waals surface area contributed by atoms with Gasteiger partial charge in [0.1, 0.15) is 6.04 Å². The van der Waals surface area contributed by atoms with Crippen LogP contribution in [0.4, 0.5) is 0 Å². The third-order valence-electron chi connectivity index (χ3n) is 3.81. The van der Waals surface area contributed by atoms with E-state index in [4.69, 9.17) is 5.73 Å². The largest absolute Gasteiger partial charge is 0.368 e. The lowest BCUT2D eigenvalue weighted by Gasteiger charge is -2.16. The fourth-order valence-corrected chi connectivity index (χ4v) is 2.60. The van der Waals surface area contributed by atoms with Crippen LogP contribution in [0, 0.1) is 0 Å². The van der Waals surface area contributed by atoms with Gasteiger partial charge >= 0.3 is 0 Å². The van der Waals surface area contributed by atoms with E-state index in [1.165, 1.54) is 0 Å². The molecule has 2 amide bonds. The predicted octanol–water partition coefficient (Wildman–Crippen LogP) is 2.06. The molecule has 1 atom stereocenters. The minimum Gasteiger partial charge on any atom is -0.368 e. The maximum Gasteiger partial charge on any atom is 0.254 e. The second kappa shape index (κ2) is 6.91. The van der Waals surface area contributed by atoms with Gasteiger partial charge in [0.05, 0.1) is 11.1 Å². The zero-order valence-corrected chi connectivity index (χ0v) is 13.0. The number of hydrogen-bond acceptors (Lipinski definition) is 3. The molecular formula is C19H17N3O2. The Labute approximate surface area is 139 Å². The minimum atomic E-state index is -0.779. The van der Waals surface area contributed by atoms with E-state index in [-0.39, 0.29) is 5.91 Å². The summed E-state index contributed by atoms with van der Waals surface area (Å²) in [7, 11) is 0. The lowest BCUT2D eigenvalue weighted by atomic mass is 10.0. The molecular weight excluding hydrogens is 302 g/mol. The highest BCUT2D eigenvalue weighted by Gasteiger charge is 2.20. The molecule has 0 saturated heterocycles. The van der Waals surface area contributed by atoms with Crippen LogP contribution >= 0.6 is 0 Å². The van der Waals surface area contributed by atoms with Gasteiger partial charge < -0.3 is 11.1 Å². The molecule has 3 rings (SSSR count). The Morgan fingerprint density at radius 3 is 2.50 bits per heavy atom. The second-order valence-corrected chi connectivity index (χ2v) is 5.50. The topological polar surface area (TPSA) is 85.1 Å². The van der Waals surface area contributed by atoms with Crippen LogP contribution < -0.4 is 11.1 Å². The van der Waals surface area contributed by atoms with Crippen molar-refractivity contribution in [1.29, 1.82) is 0 Å². The highest BCUT2D eigenvalue weighted by atomic mass is 16.2. The number of pyridine rings is 1. The van der Waals surface area contributed by atoms with Gasteiger partial charge in [-0.15, -0.1) is 0 Å². The Morgan fingerprint density at radius 1 is 1.00 bits per heavy atom. The number of carbonyl (C=O) groups excluding carboxylic acids is 2. The number of nitrogens with one attached hydrogen (secondary N) is 1. The number of benzene rings is 2. The molecule has 0 aliphatic carbocycles. The van der Waals surface area contributed by atoms with Crippen LogP contribution in [0.1, 0.15) is 15.9 Å². The van der Waals surface area contributed by atoms with E-state index in [1.807, 2.05) is 48.5 Å². The summed E-state index contributed by atoms with van der Waals surface area (Å²) in [6, 6.07) is 17.7. The summed E-state index contributed by atoms with van der Waals surface area (Å²) < 4.78 is 0. The van der Waals surface area contributed by atoms with Gasteiger partial charge in [0, 0.05) is 18.0 Å². The zero-order valence-electron chi connectivity index (χ0n) is 13.0. The number of para-hydroxylation sites is 1. The first-order valence-corrected chi connectivity index (χ1v) is 7.63. The van der Waals surface area contributed by atoms with E-state index in [2.05, 4.69) is 10.3 Å². The molecule has 1 heterocycles. The summed E-state index contributed by atoms with van der Waals surface area (Å²) in [5.41, 5.74) is 7.40. The van der Waals surface area contributed by atoms with Crippen molar-refractivity contribution < 1.29 is 9.59 Å². The summed E-state index contributed by atoms with van der Waals surface area (Å²) in [5, 5.41) is 3.58. The number of nitrogens with two attached hydrogens (primary N) is 1. The van der Waals surface area contributed by atoms with Gasteiger partial charge in [-0.2, -0.15) is 0 Å². The van der Waals surface area contributed by atoms with Gasteiger partial charge in [0.15, 0.2) is 0 Å². The Hall–Kier alpha value is -3.21. The normalized spacial score (nSPS) is 11.8. The Bertz CT molecular complexity index is 873. The van der Waals surface area contributed by atoms with Gasteiger partial charge in [-0.25, -0.2) is 0 Å². The third-order valence-corrected chi connectivity index (χ3v) is 3.81. The average molecular weight is 319 g/mol. The number of amides is 2. The van der Waals surface area contributed by atoms with Crippen LogP contribution in [-0.4, -0.2) is 22.8 Å². The zero-order chi connectivity index (χ0) is 16.9. The molecule has 0 aliphatic heterocycles. The van der Waals surface area contributed by atoms with Gasteiger partial charge in [0.25, 0.3) is 5.91 Å². The van der Waals surface area contributed by atoms with E-state index in [0.717, 1.165) is 10.9 Å². The molecule has 5 nitrogen and oxygen atoms in total. The van der Waals surface area contributed by atoms with Crippen LogP contribution in [-0.2, 0) is 11.2 Å². The van der Waals surface area contributed by atoms with Crippen LogP contribution in [0.25, 0.3) is 10.9 Å². The number of primary amides is 1. The first kappa shape index (κ1) is 15.7. The molecule has 24 heavy (non-hydrogen) atoms. The molecule has 5 heteroatoms. The lowest BCUT2D eigenvalue weighted by Crippen LogP contribution is -2.45. The number of fused-ring (bicyclic) bond motifs is 1. The fourth-order valence-electron chi connectivity index (χ4n) is 2.60. The van der Waals surface area contributed by atoms with Crippen molar-refractivity contribution in [3.05, 3.63) is 78.0 Å². The van der Waals surface area contributed by atoms with Crippen LogP contribution in [0.5, 0.6) is 0 Å². The second-order valence-electron chi connectivity index (χ2n) is 5.50. The molecule has 0 fully saturated rings. The van der Waals surface area contributed by atoms with Crippen molar-refractivity contribution in [3.63, 3.8) is 0 Å². The van der Waals surface area contributed by atoms with E-state index < -0.39 is 11.9 Å². The molecule has 3 aromatic rings. The molecule has 0 bridgehead atoms. The van der Waals surface area contributed by atoms with Crippen molar-refractivity contribution in [3.8, 4) is 0 Å². The van der Waals surface area contributed by atoms with Crippen LogP contribution in [0.2, 0.25) is 0 Å². The number of rotatable bonds is 5. The molecule has 0 saturated carbocycles. The number of hydrogen-bond donors (Lipinski definition) is 2. The number of carbonyl (C=O) groups is 2. The number of nitrogens with zero attached hydrogens (tertiary/aromatic N) is 1. The quantitative estimate of drug-likeness (QED) is 0.755. The van der Waals surface area contributed by atoms with Crippen molar-refractivity contribution >= 4 is 22.7 Å². The monoisotopic (exact) mass is 319 g/mol. The van der Waals surface area contributed by atoms with Gasteiger partial charge in [-0.1, -0.05) is 48.5 Å². The number of aromatic nitrogens is 1. The van der Waals surface area contributed by atoms with Crippen molar-refractivity contribution in [1.82, 2.24) is 10.3 Å². The molecule has 1 aromatic heterocycles. The minimum absolute atomic E-state index is 0.347. The first-order valence-electron chi connectivity index (χ1n) is 7.63. The van der Waals surface area contributed by atoms with E-state index in [9.17, 15) is 9.59 Å². The highest BCUT2D eigenvalue weighted by molar-refractivity contribution is 6.06. The van der Waals surface area contributed by atoms with Crippen molar-refractivity contribution in [2.45, 2.75) is 12.5 Å². The Kier molecular flexibility index (Phi) is 4.52. The van der Waals surface area contributed by atoms with Crippen molar-refractivity contribution in [2.75, 3.05) is 0 Å². The fraction of sp³-hybridized carbons (Fsp3) is 0.105. The summed E-state index contributed by atoms with van der Waals surface area (Å²) in [5.74, 6) is -0.931. The summed E-state index contributed by atoms with van der Waals surface area (Å²) in [6.45, 7) is 0. The SMILES string of the molecule is NC(=O)[C@H](Cc1ccccc1)NC(=O)c1cccc2cccnc12. The summed E-state index contributed by atoms with van der Waals surface area (Å²) in [4.78, 5) is 28.6. The molecule has 0 radical (unpaired) electrons. The van der Waals surface area contributed by atoms with Gasteiger partial charge in [-0.05, 0) is 17.7 Å². The molecule has 0 spiro atoms. The van der Waals surface area contributed by atoms with E-state index in [1.54, 1.807) is 18.3 Å². The predicted molar refractivity (Wildman–Crippen MR) is 92.3 cm³/mol. The first-order chi connectivity index (χ1) is 11.6. The smallest absolute Gasteiger partial charge is 0.254 e. The molecule has 120 valence electrons. The highest BCUT2D eigenvalue weighted by Crippen LogP contribution is 2.16. The summed E-state index contributed by atoms with van der Waals surface area (Å²) >= 11 is 0. The third kappa shape index (κ3) is 3.41. The average Bonchev–Trinajstić information content (AvgIpc) is 2.61. The lowest BCUT2D eigenvalue weighted by molar-refractivity contribution is -0.119. The van der Waals surface area contributed by atoms with E-state index in [0.29, 0.717) is 17.5 Å². The Balaban J connectivity index is 1.84. The summed E-state index contributed by atoms with van der Waals surface area (Å²) in [6.07, 6.45) is 1.98. The van der Waals surface area contributed by atoms with Crippen LogP contribution in [0.15, 0.2) is 66.9 Å². The maximum atomic E-state index is 12.6. The molecule has 2 aromatic carbocycles. The maximum absolute atomic E-state index is 12.6. The standard InChI is InChI=1S/C19H17N3O2/c20-18(23)16(12-13-6-2-1-3-7-13)22-19(24)15-10-4-8-14-9-5-11-21-17(14)15/h1-11,16H,12H2,(H2,20,23)(H,22,24)/t16-/m0/s1. The van der Waals surface area contributed by atoms with Crippen LogP contribution in [0.3, 0.4) is 0 Å².